The number of nitrogens with one attached hydrogen (secondary N) is 1. The van der Waals surface area contributed by atoms with Crippen molar-refractivity contribution in [3.8, 4) is 11.5 Å². The van der Waals surface area contributed by atoms with E-state index < -0.39 is 28.1 Å². The zero-order valence-corrected chi connectivity index (χ0v) is 21.1. The summed E-state index contributed by atoms with van der Waals surface area (Å²) < 4.78 is 80.4. The first-order valence-corrected chi connectivity index (χ1v) is 12.8. The van der Waals surface area contributed by atoms with Gasteiger partial charge in [0.05, 0.1) is 30.8 Å². The first-order valence-electron chi connectivity index (χ1n) is 11.3. The van der Waals surface area contributed by atoms with E-state index in [0.717, 1.165) is 5.56 Å². The van der Waals surface area contributed by atoms with E-state index in [-0.39, 0.29) is 34.9 Å². The molecule has 0 saturated carbocycles. The summed E-state index contributed by atoms with van der Waals surface area (Å²) in [4.78, 5) is 13.3. The summed E-state index contributed by atoms with van der Waals surface area (Å²) in [6.07, 6.45) is -4.98. The summed E-state index contributed by atoms with van der Waals surface area (Å²) in [6, 6.07) is 14.2. The van der Waals surface area contributed by atoms with Crippen molar-refractivity contribution in [3.63, 3.8) is 0 Å². The zero-order chi connectivity index (χ0) is 27.0. The van der Waals surface area contributed by atoms with Gasteiger partial charge in [-0.2, -0.15) is 13.2 Å². The molecule has 0 aromatic heterocycles. The Kier molecular flexibility index (Phi) is 7.09. The molecule has 11 heteroatoms. The monoisotopic (exact) mass is 534 g/mol. The minimum Gasteiger partial charge on any atom is -0.493 e. The average Bonchev–Trinajstić information content (AvgIpc) is 2.86. The number of carbonyl (C=O) groups excluding carboxylic acids is 1. The van der Waals surface area contributed by atoms with E-state index in [1.165, 1.54) is 44.6 Å². The van der Waals surface area contributed by atoms with Crippen molar-refractivity contribution in [2.24, 2.45) is 0 Å². The van der Waals surface area contributed by atoms with E-state index in [0.29, 0.717) is 21.8 Å². The van der Waals surface area contributed by atoms with Crippen molar-refractivity contribution in [1.82, 2.24) is 4.90 Å². The molecule has 1 aliphatic heterocycles. The molecule has 7 nitrogen and oxygen atoms in total. The fraction of sp³-hybridized carbons (Fsp3) is 0.269. The van der Waals surface area contributed by atoms with E-state index >= 15 is 0 Å². The number of para-hydroxylation sites is 1. The Morgan fingerprint density at radius 1 is 0.973 bits per heavy atom. The Morgan fingerprint density at radius 3 is 2.22 bits per heavy atom. The van der Waals surface area contributed by atoms with E-state index in [1.807, 2.05) is 6.92 Å². The molecule has 1 aliphatic rings. The predicted octanol–water partition coefficient (Wildman–Crippen LogP) is 4.85. The Balaban J connectivity index is 1.88. The van der Waals surface area contributed by atoms with Crippen LogP contribution in [-0.4, -0.2) is 46.2 Å². The summed E-state index contributed by atoms with van der Waals surface area (Å²) >= 11 is 0. The highest BCUT2D eigenvalue weighted by Crippen LogP contribution is 2.44. The molecule has 4 rings (SSSR count). The number of amides is 1. The minimum atomic E-state index is -5.12. The van der Waals surface area contributed by atoms with Gasteiger partial charge in [0, 0.05) is 12.1 Å². The second-order valence-corrected chi connectivity index (χ2v) is 10.2. The summed E-state index contributed by atoms with van der Waals surface area (Å²) in [5.41, 5.74) is 2.14. The number of hydrogen-bond acceptors (Lipinski definition) is 5. The molecule has 0 fully saturated rings. The van der Waals surface area contributed by atoms with Crippen LogP contribution >= 0.6 is 0 Å². The van der Waals surface area contributed by atoms with Crippen LogP contribution in [0.3, 0.4) is 0 Å². The highest BCUT2D eigenvalue weighted by molar-refractivity contribution is 7.92. The summed E-state index contributed by atoms with van der Waals surface area (Å²) in [5, 5.41) is 0. The Bertz CT molecular complexity index is 1420. The molecule has 1 atom stereocenters. The lowest BCUT2D eigenvalue weighted by atomic mass is 9.87. The average molecular weight is 535 g/mol. The fourth-order valence-electron chi connectivity index (χ4n) is 4.41. The number of anilines is 1. The maximum Gasteiger partial charge on any atom is 0.471 e. The number of methoxy groups -OCH3 is 2. The van der Waals surface area contributed by atoms with Crippen LogP contribution in [0.1, 0.15) is 28.3 Å². The van der Waals surface area contributed by atoms with Gasteiger partial charge in [-0.25, -0.2) is 8.42 Å². The molecule has 0 saturated heterocycles. The minimum absolute atomic E-state index is 0.00780. The molecule has 0 radical (unpaired) electrons. The van der Waals surface area contributed by atoms with Crippen LogP contribution in [0.5, 0.6) is 11.5 Å². The van der Waals surface area contributed by atoms with Gasteiger partial charge < -0.3 is 14.4 Å². The molecule has 37 heavy (non-hydrogen) atoms. The Labute approximate surface area is 212 Å². The number of aryl methyl sites for hydroxylation is 1. The third-order valence-electron chi connectivity index (χ3n) is 6.21. The number of sulfonamides is 1. The van der Waals surface area contributed by atoms with E-state index in [2.05, 4.69) is 4.72 Å². The molecule has 0 unspecified atom stereocenters. The smallest absolute Gasteiger partial charge is 0.471 e. The van der Waals surface area contributed by atoms with Gasteiger partial charge in [-0.1, -0.05) is 35.9 Å². The van der Waals surface area contributed by atoms with E-state index in [4.69, 9.17) is 9.47 Å². The standard InChI is InChI=1S/C26H25F3N2O5S/c1-16-8-10-18(11-9-16)37(33,34)30-21-7-5-4-6-19(21)24-20-15-23(36-3)22(35-2)14-17(20)12-13-31(24)25(32)26(27,28)29/h4-11,14-15,24,30H,12-13H2,1-3H3/t24-/m1/s1. The molecule has 1 amide bonds. The predicted molar refractivity (Wildman–Crippen MR) is 131 cm³/mol. The van der Waals surface area contributed by atoms with Crippen molar-refractivity contribution >= 4 is 21.6 Å². The molecular formula is C26H25F3N2O5S. The van der Waals surface area contributed by atoms with Crippen LogP contribution in [0.2, 0.25) is 0 Å². The molecule has 0 bridgehead atoms. The van der Waals surface area contributed by atoms with E-state index in [1.54, 1.807) is 30.3 Å². The summed E-state index contributed by atoms with van der Waals surface area (Å²) in [5.74, 6) is -1.36. The number of rotatable bonds is 6. The van der Waals surface area contributed by atoms with Gasteiger partial charge in [0.25, 0.3) is 10.0 Å². The molecule has 0 aliphatic carbocycles. The topological polar surface area (TPSA) is 84.9 Å². The second-order valence-electron chi connectivity index (χ2n) is 8.56. The Morgan fingerprint density at radius 2 is 1.59 bits per heavy atom. The van der Waals surface area contributed by atoms with Gasteiger partial charge in [-0.05, 0) is 54.8 Å². The van der Waals surface area contributed by atoms with E-state index in [9.17, 15) is 26.4 Å². The second kappa shape index (κ2) is 9.97. The summed E-state index contributed by atoms with van der Waals surface area (Å²) in [6.45, 7) is 1.58. The van der Waals surface area contributed by atoms with Crippen molar-refractivity contribution in [1.29, 1.82) is 0 Å². The van der Waals surface area contributed by atoms with Crippen molar-refractivity contribution in [3.05, 3.63) is 82.9 Å². The lowest BCUT2D eigenvalue weighted by Gasteiger charge is -2.39. The van der Waals surface area contributed by atoms with Gasteiger partial charge in [-0.15, -0.1) is 0 Å². The van der Waals surface area contributed by atoms with Crippen LogP contribution in [0.25, 0.3) is 0 Å². The molecule has 196 valence electrons. The number of nitrogens with zero attached hydrogens (tertiary/aromatic N) is 1. The zero-order valence-electron chi connectivity index (χ0n) is 20.3. The normalized spacial score (nSPS) is 15.6. The van der Waals surface area contributed by atoms with Gasteiger partial charge >= 0.3 is 12.1 Å². The lowest BCUT2D eigenvalue weighted by molar-refractivity contribution is -0.187. The number of alkyl halides is 3. The third kappa shape index (κ3) is 5.22. The number of hydrogen-bond donors (Lipinski definition) is 1. The number of ether oxygens (including phenoxy) is 2. The number of halogens is 3. The van der Waals surface area contributed by atoms with Gasteiger partial charge in [0.15, 0.2) is 11.5 Å². The molecular weight excluding hydrogens is 509 g/mol. The van der Waals surface area contributed by atoms with Crippen LogP contribution in [0, 0.1) is 6.92 Å². The van der Waals surface area contributed by atoms with Crippen LogP contribution in [-0.2, 0) is 21.2 Å². The molecule has 3 aromatic rings. The molecule has 0 spiro atoms. The van der Waals surface area contributed by atoms with Crippen molar-refractivity contribution in [2.75, 3.05) is 25.5 Å². The maximum atomic E-state index is 13.6. The highest BCUT2D eigenvalue weighted by Gasteiger charge is 2.47. The van der Waals surface area contributed by atoms with Gasteiger partial charge in [0.2, 0.25) is 0 Å². The van der Waals surface area contributed by atoms with Gasteiger partial charge in [-0.3, -0.25) is 9.52 Å². The van der Waals surface area contributed by atoms with Crippen LogP contribution < -0.4 is 14.2 Å². The first-order chi connectivity index (χ1) is 17.5. The molecule has 3 aromatic carbocycles. The number of fused-ring (bicyclic) bond motifs is 1. The van der Waals surface area contributed by atoms with Crippen molar-refractivity contribution < 1.29 is 35.9 Å². The SMILES string of the molecule is COc1cc2c(cc1OC)[C@@H](c1ccccc1NS(=O)(=O)c1ccc(C)cc1)N(C(=O)C(F)(F)F)CC2. The van der Waals surface area contributed by atoms with Crippen LogP contribution in [0.15, 0.2) is 65.6 Å². The highest BCUT2D eigenvalue weighted by atomic mass is 32.2. The molecule has 1 N–H and O–H groups in total. The first kappa shape index (κ1) is 26.3. The summed E-state index contributed by atoms with van der Waals surface area (Å²) in [7, 11) is -1.24. The quantitative estimate of drug-likeness (QED) is 0.489. The number of carbonyl (C=O) groups is 1. The third-order valence-corrected chi connectivity index (χ3v) is 7.59. The van der Waals surface area contributed by atoms with Crippen molar-refractivity contribution in [2.45, 2.75) is 30.5 Å². The maximum absolute atomic E-state index is 13.6. The van der Waals surface area contributed by atoms with Gasteiger partial charge in [0.1, 0.15) is 0 Å². The van der Waals surface area contributed by atoms with Crippen LogP contribution in [0.4, 0.5) is 18.9 Å². The Hall–Kier alpha value is -3.73. The number of benzene rings is 3. The fourth-order valence-corrected chi connectivity index (χ4v) is 5.50. The lowest BCUT2D eigenvalue weighted by Crippen LogP contribution is -2.47. The largest absolute Gasteiger partial charge is 0.493 e. The molecule has 1 heterocycles.